The molecular formula is C12H14N4O2. The van der Waals surface area contributed by atoms with Gasteiger partial charge in [0.25, 0.3) is 0 Å². The number of methoxy groups -OCH3 is 2. The summed E-state index contributed by atoms with van der Waals surface area (Å²) >= 11 is 0. The van der Waals surface area contributed by atoms with Crippen molar-refractivity contribution in [3.8, 4) is 17.1 Å². The molecule has 2 aromatic rings. The van der Waals surface area contributed by atoms with E-state index in [9.17, 15) is 0 Å². The van der Waals surface area contributed by atoms with E-state index < -0.39 is 0 Å². The summed E-state index contributed by atoms with van der Waals surface area (Å²) < 4.78 is 10.1. The molecule has 0 aliphatic carbocycles. The van der Waals surface area contributed by atoms with Crippen molar-refractivity contribution in [2.75, 3.05) is 20.0 Å². The van der Waals surface area contributed by atoms with Crippen LogP contribution in [0.25, 0.3) is 11.3 Å². The average Bonchev–Trinajstić information content (AvgIpc) is 2.38. The number of nitrogens with zero attached hydrogens (tertiary/aromatic N) is 3. The number of anilines is 1. The number of ether oxygens (including phenoxy) is 2. The number of hydrogen-bond donors (Lipinski definition) is 1. The van der Waals surface area contributed by atoms with E-state index in [0.29, 0.717) is 24.1 Å². The fourth-order valence-electron chi connectivity index (χ4n) is 1.54. The zero-order valence-corrected chi connectivity index (χ0v) is 10.3. The summed E-state index contributed by atoms with van der Waals surface area (Å²) in [5.74, 6) is 1.48. The van der Waals surface area contributed by atoms with Crippen molar-refractivity contribution in [2.24, 2.45) is 0 Å². The van der Waals surface area contributed by atoms with Crippen molar-refractivity contribution in [3.05, 3.63) is 30.2 Å². The fourth-order valence-corrected chi connectivity index (χ4v) is 1.54. The van der Waals surface area contributed by atoms with Crippen LogP contribution in [0, 0.1) is 0 Å². The molecule has 0 atom stereocenters. The Morgan fingerprint density at radius 3 is 2.78 bits per heavy atom. The van der Waals surface area contributed by atoms with Gasteiger partial charge in [0.2, 0.25) is 5.88 Å². The predicted octanol–water partition coefficient (Wildman–Crippen LogP) is 1.28. The van der Waals surface area contributed by atoms with Gasteiger partial charge in [-0.25, -0.2) is 15.0 Å². The first kappa shape index (κ1) is 12.3. The molecule has 0 fully saturated rings. The number of rotatable bonds is 4. The fraction of sp³-hybridized carbons (Fsp3) is 0.250. The highest BCUT2D eigenvalue weighted by Gasteiger charge is 2.06. The van der Waals surface area contributed by atoms with Gasteiger partial charge in [-0.2, -0.15) is 0 Å². The summed E-state index contributed by atoms with van der Waals surface area (Å²) in [5.41, 5.74) is 7.33. The highest BCUT2D eigenvalue weighted by molar-refractivity contribution is 5.62. The smallest absolute Gasteiger partial charge is 0.213 e. The van der Waals surface area contributed by atoms with Crippen LogP contribution >= 0.6 is 0 Å². The molecular weight excluding hydrogens is 232 g/mol. The predicted molar refractivity (Wildman–Crippen MR) is 66.9 cm³/mol. The van der Waals surface area contributed by atoms with Crippen LogP contribution < -0.4 is 10.5 Å². The highest BCUT2D eigenvalue weighted by Crippen LogP contribution is 2.21. The van der Waals surface area contributed by atoms with Gasteiger partial charge in [-0.1, -0.05) is 0 Å². The number of nitrogens with two attached hydrogens (primary N) is 1. The first-order valence-corrected chi connectivity index (χ1v) is 5.35. The second-order valence-electron chi connectivity index (χ2n) is 3.61. The Morgan fingerprint density at radius 2 is 2.06 bits per heavy atom. The molecule has 0 radical (unpaired) electrons. The number of hydrogen-bond acceptors (Lipinski definition) is 6. The van der Waals surface area contributed by atoms with E-state index in [-0.39, 0.29) is 0 Å². The van der Waals surface area contributed by atoms with Gasteiger partial charge in [-0.3, -0.25) is 0 Å². The van der Waals surface area contributed by atoms with E-state index in [2.05, 4.69) is 15.0 Å². The molecule has 2 N–H and O–H groups in total. The van der Waals surface area contributed by atoms with E-state index in [1.165, 1.54) is 0 Å². The van der Waals surface area contributed by atoms with Crippen LogP contribution in [0.2, 0.25) is 0 Å². The molecule has 6 heteroatoms. The highest BCUT2D eigenvalue weighted by atomic mass is 16.5. The van der Waals surface area contributed by atoms with Crippen molar-refractivity contribution in [2.45, 2.75) is 6.61 Å². The van der Waals surface area contributed by atoms with Crippen LogP contribution in [-0.2, 0) is 11.3 Å². The third kappa shape index (κ3) is 2.72. The summed E-state index contributed by atoms with van der Waals surface area (Å²) in [7, 11) is 3.15. The molecule has 0 aromatic carbocycles. The lowest BCUT2D eigenvalue weighted by atomic mass is 10.2. The summed E-state index contributed by atoms with van der Waals surface area (Å²) in [6.07, 6.45) is 1.66. The van der Waals surface area contributed by atoms with E-state index in [0.717, 1.165) is 11.3 Å². The monoisotopic (exact) mass is 246 g/mol. The quantitative estimate of drug-likeness (QED) is 0.874. The van der Waals surface area contributed by atoms with E-state index in [1.807, 2.05) is 6.07 Å². The van der Waals surface area contributed by atoms with E-state index in [1.54, 1.807) is 32.5 Å². The van der Waals surface area contributed by atoms with Crippen LogP contribution in [0.15, 0.2) is 24.4 Å². The van der Waals surface area contributed by atoms with Crippen LogP contribution in [0.4, 0.5) is 5.82 Å². The maximum Gasteiger partial charge on any atom is 0.213 e. The molecule has 0 spiro atoms. The van der Waals surface area contributed by atoms with Crippen molar-refractivity contribution in [1.29, 1.82) is 0 Å². The number of pyridine rings is 1. The van der Waals surface area contributed by atoms with Gasteiger partial charge in [0, 0.05) is 31.0 Å². The summed E-state index contributed by atoms with van der Waals surface area (Å²) in [6, 6.07) is 5.33. The largest absolute Gasteiger partial charge is 0.481 e. The molecule has 0 bridgehead atoms. The Balaban J connectivity index is 2.42. The van der Waals surface area contributed by atoms with Gasteiger partial charge in [0.15, 0.2) is 5.82 Å². The Hall–Kier alpha value is -2.21. The Labute approximate surface area is 105 Å². The third-order valence-corrected chi connectivity index (χ3v) is 2.31. The molecule has 2 heterocycles. The lowest BCUT2D eigenvalue weighted by molar-refractivity contribution is 0.178. The minimum atomic E-state index is 0.320. The standard InChI is InChI=1S/C12H14N4O2/c1-17-7-11-15-9(6-10(13)16-11)8-3-4-14-12(5-8)18-2/h3-6H,7H2,1-2H3,(H2,13,15,16). The van der Waals surface area contributed by atoms with Crippen LogP contribution in [-0.4, -0.2) is 29.2 Å². The molecule has 0 aliphatic heterocycles. The molecule has 0 amide bonds. The van der Waals surface area contributed by atoms with Gasteiger partial charge >= 0.3 is 0 Å². The summed E-state index contributed by atoms with van der Waals surface area (Å²) in [5, 5.41) is 0. The topological polar surface area (TPSA) is 83.2 Å². The van der Waals surface area contributed by atoms with Crippen molar-refractivity contribution >= 4 is 5.82 Å². The van der Waals surface area contributed by atoms with Gasteiger partial charge in [0.1, 0.15) is 12.4 Å². The van der Waals surface area contributed by atoms with Gasteiger partial charge in [0.05, 0.1) is 12.8 Å². The minimum Gasteiger partial charge on any atom is -0.481 e. The van der Waals surface area contributed by atoms with Crippen LogP contribution in [0.1, 0.15) is 5.82 Å². The maximum absolute atomic E-state index is 5.74. The lowest BCUT2D eigenvalue weighted by Crippen LogP contribution is -2.02. The molecule has 94 valence electrons. The van der Waals surface area contributed by atoms with E-state index >= 15 is 0 Å². The lowest BCUT2D eigenvalue weighted by Gasteiger charge is -2.06. The summed E-state index contributed by atoms with van der Waals surface area (Å²) in [4.78, 5) is 12.5. The van der Waals surface area contributed by atoms with Crippen LogP contribution in [0.5, 0.6) is 5.88 Å². The number of nitrogen functional groups attached to an aromatic ring is 1. The van der Waals surface area contributed by atoms with Crippen molar-refractivity contribution in [1.82, 2.24) is 15.0 Å². The second-order valence-corrected chi connectivity index (χ2v) is 3.61. The van der Waals surface area contributed by atoms with Crippen molar-refractivity contribution in [3.63, 3.8) is 0 Å². The first-order valence-electron chi connectivity index (χ1n) is 5.35. The molecule has 0 unspecified atom stereocenters. The Kier molecular flexibility index (Phi) is 3.69. The van der Waals surface area contributed by atoms with Crippen LogP contribution in [0.3, 0.4) is 0 Å². The Bertz CT molecular complexity index is 545. The first-order chi connectivity index (χ1) is 8.72. The SMILES string of the molecule is COCc1nc(N)cc(-c2ccnc(OC)c2)n1. The molecule has 2 aromatic heterocycles. The molecule has 2 rings (SSSR count). The molecule has 6 nitrogen and oxygen atoms in total. The molecule has 0 saturated carbocycles. The molecule has 0 aliphatic rings. The van der Waals surface area contributed by atoms with E-state index in [4.69, 9.17) is 15.2 Å². The molecule has 18 heavy (non-hydrogen) atoms. The zero-order chi connectivity index (χ0) is 13.0. The molecule has 0 saturated heterocycles. The van der Waals surface area contributed by atoms with Crippen molar-refractivity contribution < 1.29 is 9.47 Å². The second kappa shape index (κ2) is 5.42. The van der Waals surface area contributed by atoms with Gasteiger partial charge in [-0.15, -0.1) is 0 Å². The average molecular weight is 246 g/mol. The van der Waals surface area contributed by atoms with Gasteiger partial charge < -0.3 is 15.2 Å². The maximum atomic E-state index is 5.74. The Morgan fingerprint density at radius 1 is 1.22 bits per heavy atom. The number of aromatic nitrogens is 3. The minimum absolute atomic E-state index is 0.320. The normalized spacial score (nSPS) is 10.3. The van der Waals surface area contributed by atoms with Gasteiger partial charge in [-0.05, 0) is 6.07 Å². The summed E-state index contributed by atoms with van der Waals surface area (Å²) in [6.45, 7) is 0.320. The zero-order valence-electron chi connectivity index (χ0n) is 10.3. The third-order valence-electron chi connectivity index (χ3n) is 2.31.